The van der Waals surface area contributed by atoms with Gasteiger partial charge < -0.3 is 4.90 Å². The number of hydrogen-bond acceptors (Lipinski definition) is 1. The lowest BCUT2D eigenvalue weighted by Crippen LogP contribution is -2.27. The predicted molar refractivity (Wildman–Crippen MR) is 73.3 cm³/mol. The molecule has 0 saturated carbocycles. The molecule has 0 spiro atoms. The molecule has 0 aliphatic heterocycles. The van der Waals surface area contributed by atoms with Gasteiger partial charge in [0.1, 0.15) is 0 Å². The fourth-order valence-corrected chi connectivity index (χ4v) is 1.94. The molecule has 1 nitrogen and oxygen atoms in total. The Labute approximate surface area is 101 Å². The smallest absolute Gasteiger partial charge is 0.0808 e. The quantitative estimate of drug-likeness (QED) is 0.350. The molecule has 15 heavy (non-hydrogen) atoms. The molecule has 0 rings (SSSR count). The molecule has 0 amide bonds. The van der Waals surface area contributed by atoms with Crippen molar-refractivity contribution in [3.8, 4) is 0 Å². The Balaban J connectivity index is 3.93. The summed E-state index contributed by atoms with van der Waals surface area (Å²) in [5.74, 6) is 0.518. The molecular weight excluding hydrogens is 202 g/mol. The van der Waals surface area contributed by atoms with Crippen LogP contribution in [0, 0.1) is 5.92 Å². The van der Waals surface area contributed by atoms with E-state index < -0.39 is 0 Å². The van der Waals surface area contributed by atoms with Crippen LogP contribution in [-0.4, -0.2) is 24.0 Å². The molecule has 0 aliphatic rings. The highest BCUT2D eigenvalue weighted by Crippen LogP contribution is 2.18. The molecule has 0 aliphatic carbocycles. The Morgan fingerprint density at radius 3 is 2.47 bits per heavy atom. The van der Waals surface area contributed by atoms with E-state index >= 15 is 0 Å². The van der Waals surface area contributed by atoms with E-state index in [1.807, 2.05) is 20.2 Å². The van der Waals surface area contributed by atoms with Gasteiger partial charge in [-0.1, -0.05) is 50.9 Å². The van der Waals surface area contributed by atoms with Crippen molar-refractivity contribution in [1.82, 2.24) is 4.90 Å². The van der Waals surface area contributed by atoms with Crippen molar-refractivity contribution in [3.05, 3.63) is 12.7 Å². The van der Waals surface area contributed by atoms with Gasteiger partial charge in [0.15, 0.2) is 0 Å². The lowest BCUT2D eigenvalue weighted by Gasteiger charge is -2.22. The van der Waals surface area contributed by atoms with Crippen molar-refractivity contribution in [2.24, 2.45) is 5.92 Å². The first-order valence-corrected chi connectivity index (χ1v) is 6.36. The topological polar surface area (TPSA) is 3.24 Å². The van der Waals surface area contributed by atoms with Gasteiger partial charge in [-0.2, -0.15) is 0 Å². The highest BCUT2D eigenvalue weighted by molar-refractivity contribution is 7.80. The Hall–Kier alpha value is -0.370. The fraction of sp³-hybridized carbons (Fsp3) is 0.769. The summed E-state index contributed by atoms with van der Waals surface area (Å²) in [6, 6.07) is 0. The van der Waals surface area contributed by atoms with Crippen LogP contribution >= 0.6 is 12.2 Å². The average Bonchev–Trinajstić information content (AvgIpc) is 2.21. The van der Waals surface area contributed by atoms with Crippen molar-refractivity contribution in [2.45, 2.75) is 45.4 Å². The predicted octanol–water partition coefficient (Wildman–Crippen LogP) is 4.04. The number of allylic oxidation sites excluding steroid dienone is 1. The molecule has 0 aromatic heterocycles. The second kappa shape index (κ2) is 8.90. The molecule has 2 heteroatoms. The number of unbranched alkanes of at least 4 members (excludes halogenated alkanes) is 3. The summed E-state index contributed by atoms with van der Waals surface area (Å²) in [6.07, 6.45) is 9.48. The summed E-state index contributed by atoms with van der Waals surface area (Å²) in [6.45, 7) is 6.05. The first-order chi connectivity index (χ1) is 7.13. The zero-order valence-corrected chi connectivity index (χ0v) is 11.3. The molecule has 88 valence electrons. The minimum absolute atomic E-state index is 0.518. The van der Waals surface area contributed by atoms with Crippen molar-refractivity contribution < 1.29 is 0 Å². The molecule has 0 heterocycles. The van der Waals surface area contributed by atoms with E-state index in [9.17, 15) is 0 Å². The minimum Gasteiger partial charge on any atom is -0.372 e. The SMILES string of the molecule is C=CCC(CCCCCC)C(=S)N(C)C. The Morgan fingerprint density at radius 2 is 2.00 bits per heavy atom. The summed E-state index contributed by atoms with van der Waals surface area (Å²) in [7, 11) is 4.06. The lowest BCUT2D eigenvalue weighted by molar-refractivity contribution is 0.506. The number of rotatable bonds is 8. The summed E-state index contributed by atoms with van der Waals surface area (Å²) in [5, 5.41) is 0. The van der Waals surface area contributed by atoms with Crippen molar-refractivity contribution >= 4 is 17.2 Å². The van der Waals surface area contributed by atoms with Gasteiger partial charge in [0.05, 0.1) is 4.99 Å². The van der Waals surface area contributed by atoms with E-state index in [1.54, 1.807) is 0 Å². The van der Waals surface area contributed by atoms with Crippen LogP contribution in [0.25, 0.3) is 0 Å². The Morgan fingerprint density at radius 1 is 1.33 bits per heavy atom. The number of thiocarbonyl (C=S) groups is 1. The van der Waals surface area contributed by atoms with Crippen LogP contribution in [-0.2, 0) is 0 Å². The third-order valence-electron chi connectivity index (χ3n) is 2.65. The zero-order chi connectivity index (χ0) is 11.7. The molecule has 1 atom stereocenters. The molecule has 0 saturated heterocycles. The van der Waals surface area contributed by atoms with Crippen LogP contribution in [0.3, 0.4) is 0 Å². The van der Waals surface area contributed by atoms with Gasteiger partial charge in [0, 0.05) is 20.0 Å². The third kappa shape index (κ3) is 6.67. The highest BCUT2D eigenvalue weighted by atomic mass is 32.1. The molecule has 0 fully saturated rings. The van der Waals surface area contributed by atoms with E-state index in [0.717, 1.165) is 11.4 Å². The maximum absolute atomic E-state index is 5.42. The standard InChI is InChI=1S/C13H25NS/c1-5-7-8-9-11-12(10-6-2)13(15)14(3)4/h6,12H,2,5,7-11H2,1,3-4H3. The van der Waals surface area contributed by atoms with Gasteiger partial charge >= 0.3 is 0 Å². The second-order valence-corrected chi connectivity index (χ2v) is 4.72. The summed E-state index contributed by atoms with van der Waals surface area (Å²) < 4.78 is 0. The van der Waals surface area contributed by atoms with Crippen LogP contribution in [0.4, 0.5) is 0 Å². The molecule has 0 bridgehead atoms. The third-order valence-corrected chi connectivity index (χ3v) is 3.35. The van der Waals surface area contributed by atoms with Crippen molar-refractivity contribution in [3.63, 3.8) is 0 Å². The molecule has 0 aromatic carbocycles. The van der Waals surface area contributed by atoms with E-state index in [-0.39, 0.29) is 0 Å². The number of hydrogen-bond donors (Lipinski definition) is 0. The fourth-order valence-electron chi connectivity index (χ4n) is 1.73. The molecular formula is C13H25NS. The van der Waals surface area contributed by atoms with Crippen molar-refractivity contribution in [1.29, 1.82) is 0 Å². The Bertz CT molecular complexity index is 187. The minimum atomic E-state index is 0.518. The summed E-state index contributed by atoms with van der Waals surface area (Å²) >= 11 is 5.42. The van der Waals surface area contributed by atoms with Gasteiger partial charge in [0.2, 0.25) is 0 Å². The van der Waals surface area contributed by atoms with Crippen LogP contribution in [0.5, 0.6) is 0 Å². The van der Waals surface area contributed by atoms with Crippen molar-refractivity contribution in [2.75, 3.05) is 14.1 Å². The van der Waals surface area contributed by atoms with Crippen LogP contribution in [0.1, 0.15) is 45.4 Å². The maximum Gasteiger partial charge on any atom is 0.0808 e. The molecule has 0 aromatic rings. The monoisotopic (exact) mass is 227 g/mol. The normalized spacial score (nSPS) is 12.2. The van der Waals surface area contributed by atoms with Gasteiger partial charge in [-0.3, -0.25) is 0 Å². The first-order valence-electron chi connectivity index (χ1n) is 5.95. The van der Waals surface area contributed by atoms with E-state index in [1.165, 1.54) is 32.1 Å². The second-order valence-electron chi connectivity index (χ2n) is 4.30. The van der Waals surface area contributed by atoms with Gasteiger partial charge in [-0.25, -0.2) is 0 Å². The molecule has 0 N–H and O–H groups in total. The summed E-state index contributed by atoms with van der Waals surface area (Å²) in [4.78, 5) is 3.13. The number of nitrogens with zero attached hydrogens (tertiary/aromatic N) is 1. The van der Waals surface area contributed by atoms with E-state index in [0.29, 0.717) is 5.92 Å². The van der Waals surface area contributed by atoms with Crippen LogP contribution < -0.4 is 0 Å². The van der Waals surface area contributed by atoms with E-state index in [2.05, 4.69) is 18.4 Å². The van der Waals surface area contributed by atoms with Gasteiger partial charge in [-0.15, -0.1) is 6.58 Å². The van der Waals surface area contributed by atoms with Crippen LogP contribution in [0.15, 0.2) is 12.7 Å². The first kappa shape index (κ1) is 14.6. The van der Waals surface area contributed by atoms with Gasteiger partial charge in [-0.05, 0) is 12.8 Å². The average molecular weight is 227 g/mol. The largest absolute Gasteiger partial charge is 0.372 e. The zero-order valence-electron chi connectivity index (χ0n) is 10.5. The van der Waals surface area contributed by atoms with Gasteiger partial charge in [0.25, 0.3) is 0 Å². The van der Waals surface area contributed by atoms with E-state index in [4.69, 9.17) is 12.2 Å². The maximum atomic E-state index is 5.42. The Kier molecular flexibility index (Phi) is 8.68. The summed E-state index contributed by atoms with van der Waals surface area (Å²) in [5.41, 5.74) is 0. The molecule has 1 unspecified atom stereocenters. The molecule has 0 radical (unpaired) electrons. The van der Waals surface area contributed by atoms with Crippen LogP contribution in [0.2, 0.25) is 0 Å². The lowest BCUT2D eigenvalue weighted by atomic mass is 9.97. The highest BCUT2D eigenvalue weighted by Gasteiger charge is 2.13.